The molecule has 0 aliphatic rings. The number of aryl methyl sites for hydroxylation is 1. The lowest BCUT2D eigenvalue weighted by Crippen LogP contribution is -1.90. The maximum Gasteiger partial charge on any atom is 0.133 e. The molecule has 0 spiro atoms. The smallest absolute Gasteiger partial charge is 0.133 e. The van der Waals surface area contributed by atoms with Crippen LogP contribution in [0.5, 0.6) is 11.5 Å². The Kier molecular flexibility index (Phi) is 5.75. The number of hydrogen-bond donors (Lipinski definition) is 0. The van der Waals surface area contributed by atoms with Gasteiger partial charge >= 0.3 is 0 Å². The van der Waals surface area contributed by atoms with Gasteiger partial charge in [0.1, 0.15) is 11.5 Å². The van der Waals surface area contributed by atoms with Crippen LogP contribution in [0.2, 0.25) is 5.02 Å². The number of alkyl halides is 1. The molecule has 2 rings (SSSR count). The van der Waals surface area contributed by atoms with E-state index >= 15 is 0 Å². The highest BCUT2D eigenvalue weighted by atomic mass is 35.5. The summed E-state index contributed by atoms with van der Waals surface area (Å²) in [4.78, 5) is 0. The summed E-state index contributed by atoms with van der Waals surface area (Å²) in [6.07, 6.45) is 3.53. The van der Waals surface area contributed by atoms with E-state index in [1.807, 2.05) is 24.3 Å². The Morgan fingerprint density at radius 1 is 1.05 bits per heavy atom. The van der Waals surface area contributed by atoms with E-state index in [4.69, 9.17) is 27.9 Å². The number of ether oxygens (including phenoxy) is 1. The number of rotatable bonds is 6. The molecule has 0 aromatic heterocycles. The van der Waals surface area contributed by atoms with Crippen molar-refractivity contribution in [2.75, 3.05) is 0 Å². The first-order valence-corrected chi connectivity index (χ1v) is 7.75. The van der Waals surface area contributed by atoms with Crippen molar-refractivity contribution < 1.29 is 4.74 Å². The second-order valence-electron chi connectivity index (χ2n) is 4.74. The van der Waals surface area contributed by atoms with Gasteiger partial charge in [0.05, 0.1) is 5.88 Å². The molecular weight excluding hydrogens is 291 g/mol. The average molecular weight is 309 g/mol. The SMILES string of the molecule is CCCCc1ccc(Oc2cc(Cl)ccc2CCl)cc1. The lowest BCUT2D eigenvalue weighted by Gasteiger charge is -2.10. The van der Waals surface area contributed by atoms with Gasteiger partial charge in [0.25, 0.3) is 0 Å². The quantitative estimate of drug-likeness (QED) is 0.576. The number of halogens is 2. The van der Waals surface area contributed by atoms with Crippen LogP contribution in [0.4, 0.5) is 0 Å². The van der Waals surface area contributed by atoms with Crippen molar-refractivity contribution in [2.45, 2.75) is 32.1 Å². The van der Waals surface area contributed by atoms with Crippen LogP contribution in [0.3, 0.4) is 0 Å². The summed E-state index contributed by atoms with van der Waals surface area (Å²) in [6.45, 7) is 2.20. The van der Waals surface area contributed by atoms with Crippen molar-refractivity contribution in [2.24, 2.45) is 0 Å². The minimum absolute atomic E-state index is 0.404. The van der Waals surface area contributed by atoms with Crippen molar-refractivity contribution in [1.29, 1.82) is 0 Å². The average Bonchev–Trinajstić information content (AvgIpc) is 2.47. The molecule has 0 aliphatic heterocycles. The van der Waals surface area contributed by atoms with Crippen LogP contribution in [0.1, 0.15) is 30.9 Å². The summed E-state index contributed by atoms with van der Waals surface area (Å²) in [6, 6.07) is 13.7. The topological polar surface area (TPSA) is 9.23 Å². The third kappa shape index (κ3) is 4.16. The van der Waals surface area contributed by atoms with Crippen LogP contribution in [0.15, 0.2) is 42.5 Å². The van der Waals surface area contributed by atoms with Crippen molar-refractivity contribution in [1.82, 2.24) is 0 Å². The summed E-state index contributed by atoms with van der Waals surface area (Å²) < 4.78 is 5.87. The van der Waals surface area contributed by atoms with Crippen LogP contribution in [0.25, 0.3) is 0 Å². The molecule has 3 heteroatoms. The first kappa shape index (κ1) is 15.2. The van der Waals surface area contributed by atoms with E-state index in [1.54, 1.807) is 6.07 Å². The van der Waals surface area contributed by atoms with Crippen LogP contribution in [-0.4, -0.2) is 0 Å². The van der Waals surface area contributed by atoms with Crippen molar-refractivity contribution >= 4 is 23.2 Å². The van der Waals surface area contributed by atoms with Crippen LogP contribution < -0.4 is 4.74 Å². The summed E-state index contributed by atoms with van der Waals surface area (Å²) >= 11 is 11.9. The Hall–Kier alpha value is -1.18. The monoisotopic (exact) mass is 308 g/mol. The Balaban J connectivity index is 2.11. The van der Waals surface area contributed by atoms with E-state index in [0.29, 0.717) is 16.7 Å². The molecule has 0 bridgehead atoms. The Bertz CT molecular complexity index is 549. The molecule has 1 nitrogen and oxygen atoms in total. The highest BCUT2D eigenvalue weighted by molar-refractivity contribution is 6.30. The number of benzene rings is 2. The van der Waals surface area contributed by atoms with Gasteiger partial charge in [-0.2, -0.15) is 0 Å². The van der Waals surface area contributed by atoms with E-state index in [2.05, 4.69) is 19.1 Å². The molecule has 0 aliphatic carbocycles. The highest BCUT2D eigenvalue weighted by Gasteiger charge is 2.05. The lowest BCUT2D eigenvalue weighted by molar-refractivity contribution is 0.478. The summed E-state index contributed by atoms with van der Waals surface area (Å²) in [5, 5.41) is 0.647. The summed E-state index contributed by atoms with van der Waals surface area (Å²) in [7, 11) is 0. The van der Waals surface area contributed by atoms with Crippen molar-refractivity contribution in [3.05, 3.63) is 58.6 Å². The van der Waals surface area contributed by atoms with Crippen LogP contribution in [0, 0.1) is 0 Å². The van der Waals surface area contributed by atoms with Crippen molar-refractivity contribution in [3.63, 3.8) is 0 Å². The molecule has 0 saturated heterocycles. The van der Waals surface area contributed by atoms with E-state index in [0.717, 1.165) is 17.7 Å². The van der Waals surface area contributed by atoms with Gasteiger partial charge in [-0.05, 0) is 42.7 Å². The predicted molar refractivity (Wildman–Crippen MR) is 86.1 cm³/mol. The second kappa shape index (κ2) is 7.56. The molecule has 106 valence electrons. The highest BCUT2D eigenvalue weighted by Crippen LogP contribution is 2.29. The Morgan fingerprint density at radius 3 is 2.45 bits per heavy atom. The number of unbranched alkanes of at least 4 members (excludes halogenated alkanes) is 1. The summed E-state index contributed by atoms with van der Waals surface area (Å²) in [5.41, 5.74) is 2.27. The predicted octanol–water partition coefficient (Wildman–Crippen LogP) is 6.21. The van der Waals surface area contributed by atoms with Gasteiger partial charge in [-0.15, -0.1) is 11.6 Å². The largest absolute Gasteiger partial charge is 0.457 e. The maximum atomic E-state index is 6.00. The minimum atomic E-state index is 0.404. The zero-order valence-electron chi connectivity index (χ0n) is 11.5. The third-order valence-corrected chi connectivity index (χ3v) is 3.67. The fraction of sp³-hybridized carbons (Fsp3) is 0.294. The number of hydrogen-bond acceptors (Lipinski definition) is 1. The zero-order valence-corrected chi connectivity index (χ0v) is 13.0. The van der Waals surface area contributed by atoms with Gasteiger partial charge in [0, 0.05) is 10.6 Å². The van der Waals surface area contributed by atoms with E-state index in [1.165, 1.54) is 18.4 Å². The molecule has 0 saturated carbocycles. The van der Waals surface area contributed by atoms with E-state index < -0.39 is 0 Å². The third-order valence-electron chi connectivity index (χ3n) is 3.14. The molecule has 0 fully saturated rings. The van der Waals surface area contributed by atoms with E-state index in [9.17, 15) is 0 Å². The van der Waals surface area contributed by atoms with Gasteiger partial charge in [-0.1, -0.05) is 43.1 Å². The lowest BCUT2D eigenvalue weighted by atomic mass is 10.1. The second-order valence-corrected chi connectivity index (χ2v) is 5.44. The summed E-state index contributed by atoms with van der Waals surface area (Å²) in [5.74, 6) is 1.92. The van der Waals surface area contributed by atoms with Crippen LogP contribution >= 0.6 is 23.2 Å². The molecule has 0 radical (unpaired) electrons. The zero-order chi connectivity index (χ0) is 14.4. The normalized spacial score (nSPS) is 10.6. The molecular formula is C17H18Cl2O. The molecule has 0 amide bonds. The molecule has 2 aromatic rings. The standard InChI is InChI=1S/C17H18Cl2O/c1-2-3-4-13-5-9-16(10-6-13)20-17-11-15(19)8-7-14(17)12-18/h5-11H,2-4,12H2,1H3. The van der Waals surface area contributed by atoms with Gasteiger partial charge in [-0.25, -0.2) is 0 Å². The molecule has 0 atom stereocenters. The fourth-order valence-electron chi connectivity index (χ4n) is 1.97. The first-order valence-electron chi connectivity index (χ1n) is 6.84. The van der Waals surface area contributed by atoms with Gasteiger partial charge in [0.2, 0.25) is 0 Å². The van der Waals surface area contributed by atoms with Crippen LogP contribution in [-0.2, 0) is 12.3 Å². The minimum Gasteiger partial charge on any atom is -0.457 e. The maximum absolute atomic E-state index is 6.00. The van der Waals surface area contributed by atoms with Gasteiger partial charge in [-0.3, -0.25) is 0 Å². The van der Waals surface area contributed by atoms with E-state index in [-0.39, 0.29) is 0 Å². The molecule has 2 aromatic carbocycles. The molecule has 0 unspecified atom stereocenters. The first-order chi connectivity index (χ1) is 9.72. The van der Waals surface area contributed by atoms with Gasteiger partial charge in [0.15, 0.2) is 0 Å². The molecule has 20 heavy (non-hydrogen) atoms. The van der Waals surface area contributed by atoms with Crippen molar-refractivity contribution in [3.8, 4) is 11.5 Å². The van der Waals surface area contributed by atoms with Gasteiger partial charge < -0.3 is 4.74 Å². The molecule has 0 heterocycles. The Labute approximate surface area is 130 Å². The fourth-order valence-corrected chi connectivity index (χ4v) is 2.35. The molecule has 0 N–H and O–H groups in total. The Morgan fingerprint density at radius 2 is 1.80 bits per heavy atom.